The van der Waals surface area contributed by atoms with Gasteiger partial charge in [-0.1, -0.05) is 24.8 Å². The average Bonchev–Trinajstić information content (AvgIpc) is 2.60. The Balaban J connectivity index is 2.00. The summed E-state index contributed by atoms with van der Waals surface area (Å²) in [7, 11) is 0. The molecule has 0 radical (unpaired) electrons. The third-order valence-corrected chi connectivity index (χ3v) is 4.35. The third kappa shape index (κ3) is 4.05. The van der Waals surface area contributed by atoms with Crippen LogP contribution in [-0.4, -0.2) is 11.9 Å². The number of hydrogen-bond acceptors (Lipinski definition) is 2. The lowest BCUT2D eigenvalue weighted by atomic mass is 9.87. The van der Waals surface area contributed by atoms with Crippen molar-refractivity contribution in [2.24, 2.45) is 5.92 Å². The summed E-state index contributed by atoms with van der Waals surface area (Å²) in [5.41, 5.74) is -2.46. The normalized spacial score (nSPS) is 19.3. The summed E-state index contributed by atoms with van der Waals surface area (Å²) in [5.74, 6) is -4.58. The highest BCUT2D eigenvalue weighted by atomic mass is 19.4. The molecule has 10 heteroatoms. The summed E-state index contributed by atoms with van der Waals surface area (Å²) in [6.07, 6.45) is -4.74. The van der Waals surface area contributed by atoms with Gasteiger partial charge in [-0.2, -0.15) is 13.2 Å². The SMILES string of the molecule is C=C1NC(=O)N[C@H](c2c(F)cccc2F)[C@H]1C(=O)Nc1ccccc1C(F)(F)F. The molecule has 1 aliphatic heterocycles. The Morgan fingerprint density at radius 3 is 2.28 bits per heavy atom. The fourth-order valence-corrected chi connectivity index (χ4v) is 3.09. The Bertz CT molecular complexity index is 970. The van der Waals surface area contributed by atoms with Crippen molar-refractivity contribution in [3.8, 4) is 0 Å². The third-order valence-electron chi connectivity index (χ3n) is 4.35. The lowest BCUT2D eigenvalue weighted by Gasteiger charge is -2.34. The summed E-state index contributed by atoms with van der Waals surface area (Å²) in [4.78, 5) is 24.6. The summed E-state index contributed by atoms with van der Waals surface area (Å²) in [5, 5.41) is 6.55. The molecular weight excluding hydrogens is 397 g/mol. The summed E-state index contributed by atoms with van der Waals surface area (Å²) < 4.78 is 68.0. The Labute approximate surface area is 161 Å². The van der Waals surface area contributed by atoms with Gasteiger partial charge in [-0.3, -0.25) is 4.79 Å². The number of hydrogen-bond donors (Lipinski definition) is 3. The highest BCUT2D eigenvalue weighted by Gasteiger charge is 2.41. The zero-order valence-corrected chi connectivity index (χ0v) is 14.6. The second-order valence-electron chi connectivity index (χ2n) is 6.25. The first kappa shape index (κ1) is 20.3. The minimum Gasteiger partial charge on any atom is -0.330 e. The molecule has 2 aromatic rings. The molecule has 0 bridgehead atoms. The molecule has 3 rings (SSSR count). The van der Waals surface area contributed by atoms with Crippen LogP contribution in [0.5, 0.6) is 0 Å². The number of carbonyl (C=O) groups is 2. The van der Waals surface area contributed by atoms with Crippen LogP contribution in [0.2, 0.25) is 0 Å². The first-order valence-electron chi connectivity index (χ1n) is 8.27. The number of rotatable bonds is 3. The molecule has 1 saturated heterocycles. The Hall–Kier alpha value is -3.43. The zero-order chi connectivity index (χ0) is 21.3. The molecule has 0 spiro atoms. The first-order valence-corrected chi connectivity index (χ1v) is 8.27. The van der Waals surface area contributed by atoms with Gasteiger partial charge in [0.15, 0.2) is 0 Å². The molecule has 3 amide bonds. The number of benzene rings is 2. The van der Waals surface area contributed by atoms with Crippen molar-refractivity contribution in [2.45, 2.75) is 12.2 Å². The van der Waals surface area contributed by atoms with Gasteiger partial charge in [0.1, 0.15) is 17.6 Å². The van der Waals surface area contributed by atoms with Crippen LogP contribution in [-0.2, 0) is 11.0 Å². The summed E-state index contributed by atoms with van der Waals surface area (Å²) in [6, 6.07) is 4.84. The largest absolute Gasteiger partial charge is 0.418 e. The molecular formula is C19H14F5N3O2. The van der Waals surface area contributed by atoms with E-state index in [1.807, 2.05) is 0 Å². The lowest BCUT2D eigenvalue weighted by molar-refractivity contribution is -0.137. The number of carbonyl (C=O) groups excluding carboxylic acids is 2. The van der Waals surface area contributed by atoms with Crippen molar-refractivity contribution >= 4 is 17.6 Å². The van der Waals surface area contributed by atoms with Crippen LogP contribution < -0.4 is 16.0 Å². The van der Waals surface area contributed by atoms with Crippen molar-refractivity contribution < 1.29 is 31.5 Å². The Kier molecular flexibility index (Phi) is 5.27. The molecule has 1 aliphatic rings. The topological polar surface area (TPSA) is 70.2 Å². The van der Waals surface area contributed by atoms with Gasteiger partial charge < -0.3 is 16.0 Å². The molecule has 0 aromatic heterocycles. The maximum absolute atomic E-state index is 14.3. The number of anilines is 1. The molecule has 5 nitrogen and oxygen atoms in total. The lowest BCUT2D eigenvalue weighted by Crippen LogP contribution is -2.52. The second kappa shape index (κ2) is 7.53. The van der Waals surface area contributed by atoms with Crippen LogP contribution in [0.3, 0.4) is 0 Å². The monoisotopic (exact) mass is 411 g/mol. The van der Waals surface area contributed by atoms with Crippen molar-refractivity contribution in [1.82, 2.24) is 10.6 Å². The molecule has 152 valence electrons. The maximum Gasteiger partial charge on any atom is 0.418 e. The van der Waals surface area contributed by atoms with Gasteiger partial charge in [-0.15, -0.1) is 0 Å². The van der Waals surface area contributed by atoms with E-state index in [4.69, 9.17) is 0 Å². The van der Waals surface area contributed by atoms with Gasteiger partial charge in [0.05, 0.1) is 17.3 Å². The minimum absolute atomic E-state index is 0.219. The Morgan fingerprint density at radius 2 is 1.66 bits per heavy atom. The average molecular weight is 411 g/mol. The minimum atomic E-state index is -4.74. The fourth-order valence-electron chi connectivity index (χ4n) is 3.09. The highest BCUT2D eigenvalue weighted by Crippen LogP contribution is 2.37. The van der Waals surface area contributed by atoms with Gasteiger partial charge in [-0.05, 0) is 24.3 Å². The zero-order valence-electron chi connectivity index (χ0n) is 14.6. The number of nitrogens with one attached hydrogen (secondary N) is 3. The van der Waals surface area contributed by atoms with E-state index in [-0.39, 0.29) is 5.70 Å². The molecule has 1 heterocycles. The molecule has 0 saturated carbocycles. The number of halogens is 5. The quantitative estimate of drug-likeness (QED) is 0.666. The number of alkyl halides is 3. The molecule has 2 aromatic carbocycles. The summed E-state index contributed by atoms with van der Waals surface area (Å²) >= 11 is 0. The molecule has 1 fully saturated rings. The van der Waals surface area contributed by atoms with E-state index in [2.05, 4.69) is 22.5 Å². The van der Waals surface area contributed by atoms with Crippen LogP contribution in [0.25, 0.3) is 0 Å². The van der Waals surface area contributed by atoms with E-state index in [9.17, 15) is 31.5 Å². The van der Waals surface area contributed by atoms with E-state index in [1.54, 1.807) is 0 Å². The van der Waals surface area contributed by atoms with Crippen molar-refractivity contribution in [1.29, 1.82) is 0 Å². The second-order valence-corrected chi connectivity index (χ2v) is 6.25. The van der Waals surface area contributed by atoms with E-state index < -0.39 is 58.5 Å². The van der Waals surface area contributed by atoms with Crippen LogP contribution in [0.4, 0.5) is 32.4 Å². The maximum atomic E-state index is 14.3. The van der Waals surface area contributed by atoms with E-state index in [0.29, 0.717) is 0 Å². The summed E-state index contributed by atoms with van der Waals surface area (Å²) in [6.45, 7) is 3.52. The van der Waals surface area contributed by atoms with E-state index in [0.717, 1.165) is 36.4 Å². The van der Waals surface area contributed by atoms with E-state index >= 15 is 0 Å². The van der Waals surface area contributed by atoms with Crippen LogP contribution in [0, 0.1) is 17.6 Å². The van der Waals surface area contributed by atoms with Crippen LogP contribution >= 0.6 is 0 Å². The fraction of sp³-hybridized carbons (Fsp3) is 0.158. The molecule has 3 N–H and O–H groups in total. The van der Waals surface area contributed by atoms with Crippen molar-refractivity contribution in [3.63, 3.8) is 0 Å². The standard InChI is InChI=1S/C19H14F5N3O2/c1-9-14(17(28)26-13-8-3-2-5-10(13)19(22,23)24)16(27-18(29)25-9)15-11(20)6-4-7-12(15)21/h2-8,14,16H,1H2,(H,26,28)(H2,25,27,29)/t14-,16-/m0/s1. The van der Waals surface area contributed by atoms with Crippen LogP contribution in [0.15, 0.2) is 54.7 Å². The van der Waals surface area contributed by atoms with Gasteiger partial charge >= 0.3 is 12.2 Å². The van der Waals surface area contributed by atoms with Crippen molar-refractivity contribution in [3.05, 3.63) is 77.5 Å². The molecule has 0 unspecified atom stereocenters. The molecule has 29 heavy (non-hydrogen) atoms. The van der Waals surface area contributed by atoms with E-state index in [1.165, 1.54) is 6.07 Å². The highest BCUT2D eigenvalue weighted by molar-refractivity contribution is 5.97. The van der Waals surface area contributed by atoms with Crippen molar-refractivity contribution in [2.75, 3.05) is 5.32 Å². The predicted octanol–water partition coefficient (Wildman–Crippen LogP) is 4.11. The van der Waals surface area contributed by atoms with Gasteiger partial charge in [-0.25, -0.2) is 13.6 Å². The number of urea groups is 1. The van der Waals surface area contributed by atoms with Gasteiger partial charge in [0.2, 0.25) is 5.91 Å². The van der Waals surface area contributed by atoms with Gasteiger partial charge in [0, 0.05) is 11.3 Å². The number of amides is 3. The smallest absolute Gasteiger partial charge is 0.330 e. The van der Waals surface area contributed by atoms with Crippen LogP contribution in [0.1, 0.15) is 17.2 Å². The number of para-hydroxylation sites is 1. The molecule has 0 aliphatic carbocycles. The first-order chi connectivity index (χ1) is 13.6. The predicted molar refractivity (Wildman–Crippen MR) is 93.5 cm³/mol. The molecule has 2 atom stereocenters. The van der Waals surface area contributed by atoms with Gasteiger partial charge in [0.25, 0.3) is 0 Å². The Morgan fingerprint density at radius 1 is 1.03 bits per heavy atom.